The van der Waals surface area contributed by atoms with Crippen molar-refractivity contribution in [1.29, 1.82) is 0 Å². The Kier molecular flexibility index (Phi) is 3.36. The van der Waals surface area contributed by atoms with Gasteiger partial charge in [0, 0.05) is 17.9 Å². The Morgan fingerprint density at radius 2 is 2.09 bits per heavy atom. The lowest BCUT2D eigenvalue weighted by molar-refractivity contribution is -0.124. The molecule has 0 saturated heterocycles. The first-order valence-corrected chi connectivity index (χ1v) is 8.40. The van der Waals surface area contributed by atoms with Gasteiger partial charge in [0.1, 0.15) is 5.78 Å². The third-order valence-corrected chi connectivity index (χ3v) is 5.39. The number of Topliss-reactive ketones (excluding diaryl/α,β-unsaturated/α-hetero) is 1. The van der Waals surface area contributed by atoms with Crippen molar-refractivity contribution in [3.05, 3.63) is 41.9 Å². The number of carbonyl (C=O) groups excluding carboxylic acids is 1. The van der Waals surface area contributed by atoms with Crippen LogP contribution in [0.25, 0.3) is 11.3 Å². The summed E-state index contributed by atoms with van der Waals surface area (Å²) in [5.74, 6) is 0.731. The average molecular weight is 294 g/mol. The second-order valence-corrected chi connectivity index (χ2v) is 6.74. The molecule has 0 spiro atoms. The molecule has 4 rings (SSSR count). The molecular formula is C19H22N2O. The zero-order valence-electron chi connectivity index (χ0n) is 13.1. The zero-order chi connectivity index (χ0) is 15.1. The monoisotopic (exact) mass is 294 g/mol. The summed E-state index contributed by atoms with van der Waals surface area (Å²) < 4.78 is 2.19. The lowest BCUT2D eigenvalue weighted by atomic mass is 9.83. The molecule has 114 valence electrons. The van der Waals surface area contributed by atoms with E-state index in [1.807, 2.05) is 12.5 Å². The van der Waals surface area contributed by atoms with Crippen molar-refractivity contribution in [3.8, 4) is 11.3 Å². The van der Waals surface area contributed by atoms with Crippen LogP contribution in [-0.4, -0.2) is 15.3 Å². The standard InChI is InChI=1S/C19H22N2O/c1-13-6-5-9-15-17-11-20-12-21(17)16(19(13)15)10-18(22)14-7-3-2-4-8-14/h5-6,9,11-12,14,16H,2-4,7-8,10H2,1H3. The summed E-state index contributed by atoms with van der Waals surface area (Å²) in [6.07, 6.45) is 10.3. The molecular weight excluding hydrogens is 272 g/mol. The van der Waals surface area contributed by atoms with Gasteiger partial charge in [0.25, 0.3) is 0 Å². The highest BCUT2D eigenvalue weighted by Crippen LogP contribution is 2.43. The van der Waals surface area contributed by atoms with Crippen molar-refractivity contribution in [2.75, 3.05) is 0 Å². The minimum Gasteiger partial charge on any atom is -0.322 e. The van der Waals surface area contributed by atoms with Crippen LogP contribution in [0.5, 0.6) is 0 Å². The molecule has 2 heterocycles. The largest absolute Gasteiger partial charge is 0.322 e. The second kappa shape index (κ2) is 5.38. The molecule has 1 unspecified atom stereocenters. The van der Waals surface area contributed by atoms with E-state index in [9.17, 15) is 4.79 Å². The Bertz CT molecular complexity index is 710. The van der Waals surface area contributed by atoms with E-state index < -0.39 is 0 Å². The van der Waals surface area contributed by atoms with E-state index in [1.165, 1.54) is 36.0 Å². The van der Waals surface area contributed by atoms with E-state index >= 15 is 0 Å². The number of carbonyl (C=O) groups is 1. The van der Waals surface area contributed by atoms with Crippen LogP contribution < -0.4 is 0 Å². The Morgan fingerprint density at radius 1 is 1.27 bits per heavy atom. The highest BCUT2D eigenvalue weighted by Gasteiger charge is 2.33. The molecule has 22 heavy (non-hydrogen) atoms. The first kappa shape index (κ1) is 13.7. The van der Waals surface area contributed by atoms with Gasteiger partial charge >= 0.3 is 0 Å². The van der Waals surface area contributed by atoms with Crippen molar-refractivity contribution in [1.82, 2.24) is 9.55 Å². The average Bonchev–Trinajstić information content (AvgIpc) is 3.12. The summed E-state index contributed by atoms with van der Waals surface area (Å²) in [7, 11) is 0. The number of hydrogen-bond acceptors (Lipinski definition) is 2. The van der Waals surface area contributed by atoms with E-state index in [-0.39, 0.29) is 12.0 Å². The van der Waals surface area contributed by atoms with Crippen molar-refractivity contribution in [2.24, 2.45) is 5.92 Å². The number of aryl methyl sites for hydroxylation is 1. The molecule has 1 aromatic carbocycles. The molecule has 0 bridgehead atoms. The lowest BCUT2D eigenvalue weighted by Crippen LogP contribution is -2.21. The number of nitrogens with zero attached hydrogens (tertiary/aromatic N) is 2. The van der Waals surface area contributed by atoms with E-state index in [0.717, 1.165) is 18.5 Å². The van der Waals surface area contributed by atoms with Gasteiger partial charge in [-0.15, -0.1) is 0 Å². The van der Waals surface area contributed by atoms with Gasteiger partial charge in [-0.2, -0.15) is 0 Å². The molecule has 0 amide bonds. The van der Waals surface area contributed by atoms with Gasteiger partial charge in [-0.1, -0.05) is 37.5 Å². The fraction of sp³-hybridized carbons (Fsp3) is 0.474. The molecule has 3 heteroatoms. The Balaban J connectivity index is 1.66. The maximum Gasteiger partial charge on any atom is 0.138 e. The molecule has 0 N–H and O–H groups in total. The normalized spacial score (nSPS) is 20.7. The van der Waals surface area contributed by atoms with Gasteiger partial charge in [0.05, 0.1) is 24.3 Å². The van der Waals surface area contributed by atoms with Crippen LogP contribution in [0.3, 0.4) is 0 Å². The number of fused-ring (bicyclic) bond motifs is 3. The molecule has 1 saturated carbocycles. The van der Waals surface area contributed by atoms with Crippen LogP contribution in [0.1, 0.15) is 55.7 Å². The van der Waals surface area contributed by atoms with Crippen LogP contribution in [0, 0.1) is 12.8 Å². The van der Waals surface area contributed by atoms with Gasteiger partial charge in [0.15, 0.2) is 0 Å². The van der Waals surface area contributed by atoms with Crippen LogP contribution >= 0.6 is 0 Å². The molecule has 1 atom stereocenters. The van der Waals surface area contributed by atoms with Crippen LogP contribution in [-0.2, 0) is 4.79 Å². The first-order chi connectivity index (χ1) is 10.8. The summed E-state index contributed by atoms with van der Waals surface area (Å²) in [4.78, 5) is 17.1. The van der Waals surface area contributed by atoms with Gasteiger partial charge in [-0.3, -0.25) is 4.79 Å². The summed E-state index contributed by atoms with van der Waals surface area (Å²) in [6, 6.07) is 6.54. The minimum absolute atomic E-state index is 0.142. The highest BCUT2D eigenvalue weighted by atomic mass is 16.1. The fourth-order valence-electron chi connectivity index (χ4n) is 4.23. The van der Waals surface area contributed by atoms with Crippen LogP contribution in [0.2, 0.25) is 0 Å². The van der Waals surface area contributed by atoms with E-state index in [4.69, 9.17) is 0 Å². The smallest absolute Gasteiger partial charge is 0.138 e. The molecule has 0 radical (unpaired) electrons. The zero-order valence-corrected chi connectivity index (χ0v) is 13.1. The number of imidazole rings is 1. The number of aromatic nitrogens is 2. The Morgan fingerprint density at radius 3 is 2.91 bits per heavy atom. The first-order valence-electron chi connectivity index (χ1n) is 8.40. The predicted molar refractivity (Wildman–Crippen MR) is 86.7 cm³/mol. The van der Waals surface area contributed by atoms with Gasteiger partial charge < -0.3 is 4.57 Å². The molecule has 1 aromatic heterocycles. The van der Waals surface area contributed by atoms with Gasteiger partial charge in [0.2, 0.25) is 0 Å². The summed E-state index contributed by atoms with van der Waals surface area (Å²) in [6.45, 7) is 2.15. The summed E-state index contributed by atoms with van der Waals surface area (Å²) >= 11 is 0. The molecule has 2 aromatic rings. The maximum absolute atomic E-state index is 12.8. The Hall–Kier alpha value is -1.90. The molecule has 1 aliphatic heterocycles. The molecule has 2 aliphatic rings. The topological polar surface area (TPSA) is 34.9 Å². The van der Waals surface area contributed by atoms with Crippen molar-refractivity contribution in [3.63, 3.8) is 0 Å². The van der Waals surface area contributed by atoms with E-state index in [1.54, 1.807) is 0 Å². The molecule has 3 nitrogen and oxygen atoms in total. The highest BCUT2D eigenvalue weighted by molar-refractivity contribution is 5.83. The third kappa shape index (κ3) is 2.11. The Labute approximate surface area is 131 Å². The summed E-state index contributed by atoms with van der Waals surface area (Å²) in [5, 5.41) is 0. The quantitative estimate of drug-likeness (QED) is 0.846. The molecule has 1 fully saturated rings. The summed E-state index contributed by atoms with van der Waals surface area (Å²) in [5.41, 5.74) is 5.01. The van der Waals surface area contributed by atoms with E-state index in [2.05, 4.69) is 34.7 Å². The van der Waals surface area contributed by atoms with Gasteiger partial charge in [-0.05, 0) is 30.9 Å². The molecule has 1 aliphatic carbocycles. The van der Waals surface area contributed by atoms with Crippen LogP contribution in [0.15, 0.2) is 30.7 Å². The number of hydrogen-bond donors (Lipinski definition) is 0. The van der Waals surface area contributed by atoms with Crippen LogP contribution in [0.4, 0.5) is 0 Å². The van der Waals surface area contributed by atoms with E-state index in [0.29, 0.717) is 12.2 Å². The van der Waals surface area contributed by atoms with Crippen molar-refractivity contribution < 1.29 is 4.79 Å². The number of rotatable bonds is 3. The third-order valence-electron chi connectivity index (χ3n) is 5.39. The minimum atomic E-state index is 0.142. The van der Waals surface area contributed by atoms with Crippen molar-refractivity contribution >= 4 is 5.78 Å². The maximum atomic E-state index is 12.8. The second-order valence-electron chi connectivity index (χ2n) is 6.74. The SMILES string of the molecule is Cc1cccc2c1C(CC(=O)C1CCCCC1)n1cncc1-2. The fourth-order valence-corrected chi connectivity index (χ4v) is 4.23. The van der Waals surface area contributed by atoms with Gasteiger partial charge in [-0.25, -0.2) is 4.98 Å². The predicted octanol–water partition coefficient (Wildman–Crippen LogP) is 4.30. The van der Waals surface area contributed by atoms with Crippen molar-refractivity contribution in [2.45, 2.75) is 51.5 Å². The number of ketones is 1. The lowest BCUT2D eigenvalue weighted by Gasteiger charge is -2.23. The number of benzene rings is 1.